The van der Waals surface area contributed by atoms with Crippen LogP contribution in [0.2, 0.25) is 0 Å². The second kappa shape index (κ2) is 10.5. The van der Waals surface area contributed by atoms with Crippen molar-refractivity contribution in [3.05, 3.63) is 59.7 Å². The molecule has 8 nitrogen and oxygen atoms in total. The number of fused-ring (bicyclic) bond motifs is 3. The van der Waals surface area contributed by atoms with Gasteiger partial charge in [-0.15, -0.1) is 0 Å². The van der Waals surface area contributed by atoms with E-state index in [2.05, 4.69) is 10.6 Å². The number of benzene rings is 2. The fourth-order valence-corrected chi connectivity index (χ4v) is 4.79. The molecule has 1 saturated heterocycles. The molecule has 2 aromatic carbocycles. The van der Waals surface area contributed by atoms with E-state index in [4.69, 9.17) is 9.47 Å². The van der Waals surface area contributed by atoms with Gasteiger partial charge in [0.25, 0.3) is 0 Å². The summed E-state index contributed by atoms with van der Waals surface area (Å²) in [5.74, 6) is 0.504. The number of aliphatic hydroxyl groups excluding tert-OH is 1. The summed E-state index contributed by atoms with van der Waals surface area (Å²) in [6.07, 6.45) is -0.400. The predicted molar refractivity (Wildman–Crippen MR) is 129 cm³/mol. The second-order valence-corrected chi connectivity index (χ2v) is 9.35. The first-order chi connectivity index (χ1) is 16.3. The van der Waals surface area contributed by atoms with Crippen LogP contribution in [-0.2, 0) is 14.3 Å². The average molecular weight is 468 g/mol. The molecule has 4 rings (SSSR count). The number of likely N-dealkylation sites (N-methyl/N-ethyl adjacent to an activating group) is 1. The van der Waals surface area contributed by atoms with Gasteiger partial charge in [-0.3, -0.25) is 9.59 Å². The summed E-state index contributed by atoms with van der Waals surface area (Å²) < 4.78 is 12.2. The van der Waals surface area contributed by atoms with Gasteiger partial charge in [0, 0.05) is 17.2 Å². The molecule has 34 heavy (non-hydrogen) atoms. The Hall–Kier alpha value is -2.94. The van der Waals surface area contributed by atoms with Gasteiger partial charge in [-0.05, 0) is 51.2 Å². The lowest BCUT2D eigenvalue weighted by atomic mass is 9.84. The van der Waals surface area contributed by atoms with Crippen LogP contribution in [-0.4, -0.2) is 67.4 Å². The molecule has 8 heteroatoms. The van der Waals surface area contributed by atoms with Crippen molar-refractivity contribution in [3.63, 3.8) is 0 Å². The number of hydrogen-bond donors (Lipinski definition) is 3. The molecule has 182 valence electrons. The van der Waals surface area contributed by atoms with Crippen molar-refractivity contribution in [1.82, 2.24) is 10.2 Å². The molecular formula is C26H33N3O5. The highest BCUT2D eigenvalue weighted by Gasteiger charge is 2.46. The van der Waals surface area contributed by atoms with Crippen molar-refractivity contribution in [3.8, 4) is 5.75 Å². The van der Waals surface area contributed by atoms with Crippen molar-refractivity contribution in [2.45, 2.75) is 50.0 Å². The summed E-state index contributed by atoms with van der Waals surface area (Å²) in [6.45, 7) is 2.05. The number of amides is 2. The van der Waals surface area contributed by atoms with E-state index in [-0.39, 0.29) is 49.0 Å². The minimum Gasteiger partial charge on any atom is -0.487 e. The summed E-state index contributed by atoms with van der Waals surface area (Å²) in [5.41, 5.74) is 2.71. The van der Waals surface area contributed by atoms with Crippen molar-refractivity contribution in [2.75, 3.05) is 32.6 Å². The topological polar surface area (TPSA) is 100 Å². The van der Waals surface area contributed by atoms with Crippen LogP contribution in [0.25, 0.3) is 0 Å². The highest BCUT2D eigenvalue weighted by atomic mass is 16.6. The van der Waals surface area contributed by atoms with Crippen LogP contribution >= 0.6 is 0 Å². The number of carbonyl (C=O) groups excluding carboxylic acids is 2. The Balaban J connectivity index is 1.43. The Morgan fingerprint density at radius 2 is 1.91 bits per heavy atom. The Kier molecular flexibility index (Phi) is 7.50. The fraction of sp³-hybridized carbons (Fsp3) is 0.462. The Bertz CT molecular complexity index is 1010. The number of aliphatic hydroxyl groups is 1. The van der Waals surface area contributed by atoms with Crippen molar-refractivity contribution < 1.29 is 24.2 Å². The molecule has 3 N–H and O–H groups in total. The fourth-order valence-electron chi connectivity index (χ4n) is 4.79. The molecule has 0 aliphatic carbocycles. The number of rotatable bonds is 8. The molecule has 0 aromatic heterocycles. The minimum absolute atomic E-state index is 0.0315. The molecule has 0 saturated carbocycles. The Morgan fingerprint density at radius 1 is 1.15 bits per heavy atom. The monoisotopic (exact) mass is 467 g/mol. The molecule has 2 aliphatic heterocycles. The van der Waals surface area contributed by atoms with Gasteiger partial charge in [0.05, 0.1) is 31.7 Å². The van der Waals surface area contributed by atoms with E-state index in [1.165, 1.54) is 0 Å². The predicted octanol–water partition coefficient (Wildman–Crippen LogP) is 2.45. The van der Waals surface area contributed by atoms with Crippen LogP contribution in [0.5, 0.6) is 5.75 Å². The quantitative estimate of drug-likeness (QED) is 0.552. The molecular weight excluding hydrogens is 434 g/mol. The maximum atomic E-state index is 12.8. The third kappa shape index (κ3) is 5.58. The van der Waals surface area contributed by atoms with Crippen LogP contribution in [0.15, 0.2) is 48.5 Å². The molecule has 0 radical (unpaired) electrons. The van der Waals surface area contributed by atoms with Gasteiger partial charge in [0.1, 0.15) is 18.0 Å². The largest absolute Gasteiger partial charge is 0.487 e. The van der Waals surface area contributed by atoms with Crippen LogP contribution in [0.4, 0.5) is 5.69 Å². The van der Waals surface area contributed by atoms with Gasteiger partial charge in [0.15, 0.2) is 0 Å². The molecule has 2 amide bonds. The number of nitrogens with one attached hydrogen (secondary N) is 2. The lowest BCUT2D eigenvalue weighted by molar-refractivity contribution is -0.142. The molecule has 0 bridgehead atoms. The number of anilines is 1. The van der Waals surface area contributed by atoms with Crippen LogP contribution in [0.3, 0.4) is 0 Å². The average Bonchev–Trinajstić information content (AvgIpc) is 3.16. The number of carbonyl (C=O) groups is 2. The van der Waals surface area contributed by atoms with Crippen molar-refractivity contribution >= 4 is 17.5 Å². The Morgan fingerprint density at radius 3 is 2.62 bits per heavy atom. The van der Waals surface area contributed by atoms with E-state index in [1.54, 1.807) is 4.90 Å². The number of ether oxygens (including phenoxy) is 2. The molecule has 2 aliphatic rings. The lowest BCUT2D eigenvalue weighted by Gasteiger charge is -2.37. The van der Waals surface area contributed by atoms with Gasteiger partial charge in [-0.25, -0.2) is 0 Å². The maximum absolute atomic E-state index is 12.8. The van der Waals surface area contributed by atoms with E-state index in [1.807, 2.05) is 69.6 Å². The van der Waals surface area contributed by atoms with Gasteiger partial charge in [-0.2, -0.15) is 0 Å². The van der Waals surface area contributed by atoms with E-state index < -0.39 is 6.10 Å². The van der Waals surface area contributed by atoms with E-state index in [0.717, 1.165) is 16.9 Å². The molecule has 2 heterocycles. The van der Waals surface area contributed by atoms with Crippen molar-refractivity contribution in [2.24, 2.45) is 0 Å². The number of hydrogen-bond acceptors (Lipinski definition) is 6. The third-order valence-corrected chi connectivity index (χ3v) is 6.33. The first-order valence-electron chi connectivity index (χ1n) is 11.7. The molecule has 0 spiro atoms. The zero-order valence-electron chi connectivity index (χ0n) is 19.9. The molecule has 5 atom stereocenters. The molecule has 1 fully saturated rings. The highest BCUT2D eigenvalue weighted by molar-refractivity contribution is 5.92. The van der Waals surface area contributed by atoms with Gasteiger partial charge < -0.3 is 30.1 Å². The normalized spacial score (nSPS) is 24.0. The minimum atomic E-state index is -0.526. The van der Waals surface area contributed by atoms with E-state index in [9.17, 15) is 14.7 Å². The van der Waals surface area contributed by atoms with E-state index in [0.29, 0.717) is 18.7 Å². The standard InChI is InChI=1S/C26H33N3O5/c1-16(17-7-5-4-6-8-17)27-24(31)13-19-12-21-20-11-18(28-25(32)14-29(2)3)9-10-22(20)34-26(21)23(15-30)33-19/h4-11,16,19,21,23,26,30H,12-15H2,1-3H3,(H,27,31)(H,28,32)/t16-,19+,21-,23-,26+/m0/s1. The number of nitrogens with zero attached hydrogens (tertiary/aromatic N) is 1. The summed E-state index contributed by atoms with van der Waals surface area (Å²) in [6, 6.07) is 15.3. The molecule has 0 unspecified atom stereocenters. The summed E-state index contributed by atoms with van der Waals surface area (Å²) in [7, 11) is 3.68. The third-order valence-electron chi connectivity index (χ3n) is 6.33. The van der Waals surface area contributed by atoms with Crippen LogP contribution in [0.1, 0.15) is 42.9 Å². The summed E-state index contributed by atoms with van der Waals surface area (Å²) >= 11 is 0. The lowest BCUT2D eigenvalue weighted by Crippen LogP contribution is -2.47. The smallest absolute Gasteiger partial charge is 0.238 e. The van der Waals surface area contributed by atoms with Gasteiger partial charge in [-0.1, -0.05) is 30.3 Å². The SMILES string of the molecule is C[C@H](NC(=O)C[C@H]1C[C@H]2c3cc(NC(=O)CN(C)C)ccc3O[C@H]2[C@H](CO)O1)c1ccccc1. The van der Waals surface area contributed by atoms with Gasteiger partial charge >= 0.3 is 0 Å². The second-order valence-electron chi connectivity index (χ2n) is 9.35. The first-order valence-corrected chi connectivity index (χ1v) is 11.7. The maximum Gasteiger partial charge on any atom is 0.238 e. The van der Waals surface area contributed by atoms with E-state index >= 15 is 0 Å². The summed E-state index contributed by atoms with van der Waals surface area (Å²) in [4.78, 5) is 26.7. The molecule has 2 aromatic rings. The Labute approximate surface area is 200 Å². The van der Waals surface area contributed by atoms with Crippen molar-refractivity contribution in [1.29, 1.82) is 0 Å². The highest BCUT2D eigenvalue weighted by Crippen LogP contribution is 2.47. The first kappa shape index (κ1) is 24.2. The van der Waals surface area contributed by atoms with Crippen LogP contribution in [0, 0.1) is 0 Å². The zero-order chi connectivity index (χ0) is 24.2. The van der Waals surface area contributed by atoms with Crippen LogP contribution < -0.4 is 15.4 Å². The van der Waals surface area contributed by atoms with Gasteiger partial charge in [0.2, 0.25) is 11.8 Å². The zero-order valence-corrected chi connectivity index (χ0v) is 19.9. The summed E-state index contributed by atoms with van der Waals surface area (Å²) in [5, 5.41) is 15.9.